The Morgan fingerprint density at radius 1 is 1.37 bits per heavy atom. The van der Waals surface area contributed by atoms with E-state index >= 15 is 0 Å². The highest BCUT2D eigenvalue weighted by molar-refractivity contribution is 7.09. The summed E-state index contributed by atoms with van der Waals surface area (Å²) in [7, 11) is 1.77. The minimum Gasteiger partial charge on any atom is -0.383 e. The smallest absolute Gasteiger partial charge is 0.0589 e. The molecule has 3 nitrogen and oxygen atoms in total. The Morgan fingerprint density at radius 3 is 2.74 bits per heavy atom. The molecule has 0 amide bonds. The third-order valence-corrected chi connectivity index (χ3v) is 4.47. The molecule has 0 fully saturated rings. The summed E-state index contributed by atoms with van der Waals surface area (Å²) in [6, 6.07) is 5.42. The lowest BCUT2D eigenvalue weighted by Gasteiger charge is -2.34. The molecule has 19 heavy (non-hydrogen) atoms. The molecular formula is C15H28N2OS. The van der Waals surface area contributed by atoms with Gasteiger partial charge in [0.05, 0.1) is 6.61 Å². The molecule has 2 unspecified atom stereocenters. The van der Waals surface area contributed by atoms with E-state index in [9.17, 15) is 0 Å². The summed E-state index contributed by atoms with van der Waals surface area (Å²) in [5, 5.41) is 5.68. The van der Waals surface area contributed by atoms with Gasteiger partial charge in [0.1, 0.15) is 0 Å². The molecular weight excluding hydrogens is 256 g/mol. The average molecular weight is 284 g/mol. The minimum atomic E-state index is 0.532. The number of thiophene rings is 1. The summed E-state index contributed by atoms with van der Waals surface area (Å²) in [6.45, 7) is 10.6. The van der Waals surface area contributed by atoms with Gasteiger partial charge in [-0.3, -0.25) is 4.90 Å². The van der Waals surface area contributed by atoms with Gasteiger partial charge in [0.15, 0.2) is 0 Å². The molecule has 1 rings (SSSR count). The van der Waals surface area contributed by atoms with Crippen molar-refractivity contribution in [3.05, 3.63) is 22.4 Å². The van der Waals surface area contributed by atoms with Crippen LogP contribution in [0.2, 0.25) is 0 Å². The standard InChI is InChI=1S/C15H28N2OS/c1-5-13(2)17(8-9-18-4)14(3)11-16-12-15-7-6-10-19-15/h6-7,10,13-14,16H,5,8-9,11-12H2,1-4H3. The number of ether oxygens (including phenoxy) is 1. The van der Waals surface area contributed by atoms with Crippen LogP contribution in [0.3, 0.4) is 0 Å². The molecule has 1 aromatic heterocycles. The van der Waals surface area contributed by atoms with E-state index in [0.29, 0.717) is 12.1 Å². The van der Waals surface area contributed by atoms with Gasteiger partial charge in [0.2, 0.25) is 0 Å². The van der Waals surface area contributed by atoms with Gasteiger partial charge in [-0.05, 0) is 31.7 Å². The molecule has 0 aliphatic rings. The molecule has 4 heteroatoms. The lowest BCUT2D eigenvalue weighted by Crippen LogP contribution is -2.46. The van der Waals surface area contributed by atoms with Gasteiger partial charge in [0.25, 0.3) is 0 Å². The Balaban J connectivity index is 2.35. The van der Waals surface area contributed by atoms with Gasteiger partial charge in [-0.15, -0.1) is 11.3 Å². The van der Waals surface area contributed by atoms with Crippen LogP contribution in [0.25, 0.3) is 0 Å². The summed E-state index contributed by atoms with van der Waals surface area (Å²) in [5.74, 6) is 0. The van der Waals surface area contributed by atoms with Gasteiger partial charge >= 0.3 is 0 Å². The van der Waals surface area contributed by atoms with Crippen molar-refractivity contribution in [2.75, 3.05) is 26.8 Å². The quantitative estimate of drug-likeness (QED) is 0.715. The molecule has 0 aliphatic heterocycles. The second-order valence-electron chi connectivity index (χ2n) is 5.05. The van der Waals surface area contributed by atoms with Crippen LogP contribution >= 0.6 is 11.3 Å². The van der Waals surface area contributed by atoms with Crippen molar-refractivity contribution in [1.82, 2.24) is 10.2 Å². The van der Waals surface area contributed by atoms with E-state index in [0.717, 1.165) is 26.2 Å². The van der Waals surface area contributed by atoms with Gasteiger partial charge in [-0.25, -0.2) is 0 Å². The van der Waals surface area contributed by atoms with Gasteiger partial charge in [-0.1, -0.05) is 13.0 Å². The first-order valence-corrected chi connectivity index (χ1v) is 8.04. The van der Waals surface area contributed by atoms with Crippen molar-refractivity contribution in [3.63, 3.8) is 0 Å². The number of nitrogens with zero attached hydrogens (tertiary/aromatic N) is 1. The average Bonchev–Trinajstić information content (AvgIpc) is 2.92. The van der Waals surface area contributed by atoms with E-state index in [2.05, 4.69) is 48.5 Å². The predicted octanol–water partition coefficient (Wildman–Crippen LogP) is 2.97. The van der Waals surface area contributed by atoms with E-state index < -0.39 is 0 Å². The second kappa shape index (κ2) is 9.48. The molecule has 0 aliphatic carbocycles. The fourth-order valence-corrected chi connectivity index (χ4v) is 2.92. The summed E-state index contributed by atoms with van der Waals surface area (Å²) >= 11 is 1.81. The molecule has 2 atom stereocenters. The molecule has 1 N–H and O–H groups in total. The van der Waals surface area contributed by atoms with Crippen LogP contribution in [0.5, 0.6) is 0 Å². The van der Waals surface area contributed by atoms with Crippen LogP contribution in [-0.2, 0) is 11.3 Å². The molecule has 0 bridgehead atoms. The largest absolute Gasteiger partial charge is 0.383 e. The number of nitrogens with one attached hydrogen (secondary N) is 1. The fraction of sp³-hybridized carbons (Fsp3) is 0.733. The Morgan fingerprint density at radius 2 is 2.16 bits per heavy atom. The first-order valence-electron chi connectivity index (χ1n) is 7.16. The summed E-state index contributed by atoms with van der Waals surface area (Å²) in [6.07, 6.45) is 1.18. The first-order chi connectivity index (χ1) is 9.19. The van der Waals surface area contributed by atoms with Crippen LogP contribution in [-0.4, -0.2) is 43.8 Å². The van der Waals surface area contributed by atoms with Crippen molar-refractivity contribution >= 4 is 11.3 Å². The van der Waals surface area contributed by atoms with Crippen molar-refractivity contribution < 1.29 is 4.74 Å². The maximum Gasteiger partial charge on any atom is 0.0589 e. The third kappa shape index (κ3) is 6.04. The molecule has 0 radical (unpaired) electrons. The topological polar surface area (TPSA) is 24.5 Å². The van der Waals surface area contributed by atoms with Gasteiger partial charge < -0.3 is 10.1 Å². The molecule has 110 valence electrons. The molecule has 0 saturated carbocycles. The Kier molecular flexibility index (Phi) is 8.30. The Bertz CT molecular complexity index is 316. The van der Waals surface area contributed by atoms with Crippen LogP contribution in [0.1, 0.15) is 32.1 Å². The Hall–Kier alpha value is -0.420. The highest BCUT2D eigenvalue weighted by Gasteiger charge is 2.18. The van der Waals surface area contributed by atoms with E-state index in [-0.39, 0.29) is 0 Å². The maximum atomic E-state index is 5.22. The number of methoxy groups -OCH3 is 1. The number of hydrogen-bond donors (Lipinski definition) is 1. The predicted molar refractivity (Wildman–Crippen MR) is 83.8 cm³/mol. The van der Waals surface area contributed by atoms with E-state index in [1.807, 2.05) is 11.3 Å². The van der Waals surface area contributed by atoms with Crippen molar-refractivity contribution in [2.24, 2.45) is 0 Å². The monoisotopic (exact) mass is 284 g/mol. The SMILES string of the molecule is CCC(C)N(CCOC)C(C)CNCc1cccs1. The van der Waals surface area contributed by atoms with E-state index in [1.54, 1.807) is 7.11 Å². The molecule has 1 heterocycles. The second-order valence-corrected chi connectivity index (χ2v) is 6.08. The molecule has 0 saturated heterocycles. The summed E-state index contributed by atoms with van der Waals surface area (Å²) in [4.78, 5) is 3.93. The van der Waals surface area contributed by atoms with Crippen molar-refractivity contribution in [3.8, 4) is 0 Å². The van der Waals surface area contributed by atoms with Crippen LogP contribution < -0.4 is 5.32 Å². The third-order valence-electron chi connectivity index (χ3n) is 3.60. The number of hydrogen-bond acceptors (Lipinski definition) is 4. The summed E-state index contributed by atoms with van der Waals surface area (Å²) < 4.78 is 5.22. The number of rotatable bonds is 10. The zero-order valence-corrected chi connectivity index (χ0v) is 13.5. The van der Waals surface area contributed by atoms with E-state index in [1.165, 1.54) is 11.3 Å². The molecule has 1 aromatic rings. The van der Waals surface area contributed by atoms with E-state index in [4.69, 9.17) is 4.74 Å². The minimum absolute atomic E-state index is 0.532. The zero-order chi connectivity index (χ0) is 14.1. The lowest BCUT2D eigenvalue weighted by atomic mass is 10.1. The normalized spacial score (nSPS) is 14.8. The highest BCUT2D eigenvalue weighted by Crippen LogP contribution is 2.10. The van der Waals surface area contributed by atoms with Crippen molar-refractivity contribution in [2.45, 2.75) is 45.8 Å². The lowest BCUT2D eigenvalue weighted by molar-refractivity contribution is 0.0934. The zero-order valence-electron chi connectivity index (χ0n) is 12.7. The van der Waals surface area contributed by atoms with Crippen LogP contribution in [0.15, 0.2) is 17.5 Å². The maximum absolute atomic E-state index is 5.22. The van der Waals surface area contributed by atoms with Crippen LogP contribution in [0, 0.1) is 0 Å². The van der Waals surface area contributed by atoms with Gasteiger partial charge in [0, 0.05) is 43.7 Å². The van der Waals surface area contributed by atoms with Gasteiger partial charge in [-0.2, -0.15) is 0 Å². The molecule has 0 aromatic carbocycles. The highest BCUT2D eigenvalue weighted by atomic mass is 32.1. The first kappa shape index (κ1) is 16.6. The summed E-state index contributed by atoms with van der Waals surface area (Å²) in [5.41, 5.74) is 0. The molecule has 0 spiro atoms. The Labute approximate surface area is 122 Å². The van der Waals surface area contributed by atoms with Crippen LogP contribution in [0.4, 0.5) is 0 Å². The fourth-order valence-electron chi connectivity index (χ4n) is 2.24. The van der Waals surface area contributed by atoms with Crippen molar-refractivity contribution in [1.29, 1.82) is 0 Å².